The van der Waals surface area contributed by atoms with Crippen LogP contribution >= 0.6 is 11.3 Å². The van der Waals surface area contributed by atoms with Crippen LogP contribution in [0.5, 0.6) is 0 Å². The molecule has 0 saturated heterocycles. The van der Waals surface area contributed by atoms with Crippen LogP contribution in [0.1, 0.15) is 72.9 Å². The molecule has 0 fully saturated rings. The molecule has 8 aromatic rings. The minimum absolute atomic E-state index is 0. The maximum absolute atomic E-state index is 7.23. The van der Waals surface area contributed by atoms with Crippen molar-refractivity contribution in [2.24, 2.45) is 5.41 Å². The number of aromatic nitrogens is 3. The molecule has 0 spiro atoms. The van der Waals surface area contributed by atoms with Crippen molar-refractivity contribution in [2.45, 2.75) is 74.1 Å². The molecule has 8 rings (SSSR count). The molecule has 0 saturated carbocycles. The molecule has 4 aromatic heterocycles. The van der Waals surface area contributed by atoms with Crippen molar-refractivity contribution in [1.29, 1.82) is 0 Å². The van der Waals surface area contributed by atoms with Crippen molar-refractivity contribution in [3.05, 3.63) is 137 Å². The zero-order valence-corrected chi connectivity index (χ0v) is 34.6. The van der Waals surface area contributed by atoms with Gasteiger partial charge >= 0.3 is 0 Å². The third-order valence-electron chi connectivity index (χ3n) is 9.06. The van der Waals surface area contributed by atoms with E-state index in [9.17, 15) is 0 Å². The Morgan fingerprint density at radius 2 is 1.53 bits per heavy atom. The first kappa shape index (κ1) is 34.3. The van der Waals surface area contributed by atoms with Gasteiger partial charge in [0.2, 0.25) is 0 Å². The fourth-order valence-electron chi connectivity index (χ4n) is 6.61. The van der Waals surface area contributed by atoms with Gasteiger partial charge in [0.15, 0.2) is 0 Å². The van der Waals surface area contributed by atoms with Crippen LogP contribution in [-0.4, -0.2) is 15.0 Å². The SMILES string of the molecule is Cc1cccc(C)c1-c1cc(-c2[c-]ccc3c2oc2c3ccc3sc(C(C)(C)C)nc32)ncc1CC(C)(C)C.[2H]C([2H])([2H])c1ccc(-c2[c-]cccc2)nc1.[Ir]. The summed E-state index contributed by atoms with van der Waals surface area (Å²) in [5.41, 5.74) is 12.7. The van der Waals surface area contributed by atoms with Gasteiger partial charge in [0.25, 0.3) is 0 Å². The average molecular weight is 895 g/mol. The summed E-state index contributed by atoms with van der Waals surface area (Å²) in [6.45, 7) is 15.8. The van der Waals surface area contributed by atoms with E-state index in [0.717, 1.165) is 66.1 Å². The molecule has 0 bridgehead atoms. The summed E-state index contributed by atoms with van der Waals surface area (Å²) in [5, 5.41) is 3.27. The Labute approximate surface area is 335 Å². The second-order valence-corrected chi connectivity index (χ2v) is 16.7. The molecule has 4 nitrogen and oxygen atoms in total. The van der Waals surface area contributed by atoms with E-state index >= 15 is 0 Å². The second kappa shape index (κ2) is 15.1. The summed E-state index contributed by atoms with van der Waals surface area (Å²) in [6, 6.07) is 34.4. The Bertz CT molecular complexity index is 2630. The van der Waals surface area contributed by atoms with E-state index in [1.165, 1.54) is 34.0 Å². The first-order valence-electron chi connectivity index (χ1n) is 19.1. The summed E-state index contributed by atoms with van der Waals surface area (Å²) < 4.78 is 29.5. The number of nitrogens with zero attached hydrogens (tertiary/aromatic N) is 3. The number of furan rings is 1. The Morgan fingerprint density at radius 1 is 0.774 bits per heavy atom. The van der Waals surface area contributed by atoms with Crippen LogP contribution in [0.3, 0.4) is 0 Å². The molecule has 271 valence electrons. The van der Waals surface area contributed by atoms with Crippen LogP contribution in [0.4, 0.5) is 0 Å². The summed E-state index contributed by atoms with van der Waals surface area (Å²) in [7, 11) is 0. The van der Waals surface area contributed by atoms with Crippen LogP contribution in [0.2, 0.25) is 0 Å². The van der Waals surface area contributed by atoms with E-state index in [4.69, 9.17) is 18.5 Å². The quantitative estimate of drug-likeness (QED) is 0.165. The molecular weight excluding hydrogens is 847 g/mol. The number of rotatable bonds is 4. The van der Waals surface area contributed by atoms with Crippen molar-refractivity contribution in [3.63, 3.8) is 0 Å². The number of fused-ring (bicyclic) bond motifs is 5. The summed E-state index contributed by atoms with van der Waals surface area (Å²) in [4.78, 5) is 14.1. The van der Waals surface area contributed by atoms with Gasteiger partial charge in [-0.3, -0.25) is 0 Å². The Kier molecular flexibility index (Phi) is 9.77. The fraction of sp³-hybridized carbons (Fsp3) is 0.255. The van der Waals surface area contributed by atoms with E-state index in [1.54, 1.807) is 29.5 Å². The van der Waals surface area contributed by atoms with Crippen LogP contribution in [-0.2, 0) is 31.9 Å². The maximum atomic E-state index is 7.23. The molecule has 0 atom stereocenters. The van der Waals surface area contributed by atoms with Gasteiger partial charge in [-0.15, -0.1) is 65.4 Å². The van der Waals surface area contributed by atoms with Gasteiger partial charge in [0.05, 0.1) is 15.3 Å². The van der Waals surface area contributed by atoms with Gasteiger partial charge in [0.1, 0.15) is 11.1 Å². The molecule has 0 aliphatic rings. The Hall–Kier alpha value is -4.48. The molecule has 6 heteroatoms. The topological polar surface area (TPSA) is 51.8 Å². The summed E-state index contributed by atoms with van der Waals surface area (Å²) in [5.74, 6) is 0. The maximum Gasteiger partial charge on any atom is 0.148 e. The zero-order chi connectivity index (χ0) is 39.3. The van der Waals surface area contributed by atoms with Crippen molar-refractivity contribution < 1.29 is 28.6 Å². The monoisotopic (exact) mass is 895 g/mol. The average Bonchev–Trinajstić information content (AvgIpc) is 3.75. The van der Waals surface area contributed by atoms with E-state index in [1.807, 2.05) is 24.3 Å². The molecule has 0 amide bonds. The molecule has 0 aliphatic heterocycles. The number of pyridine rings is 2. The van der Waals surface area contributed by atoms with Gasteiger partial charge in [0, 0.05) is 47.4 Å². The molecule has 0 N–H and O–H groups in total. The van der Waals surface area contributed by atoms with E-state index in [2.05, 4.69) is 121 Å². The van der Waals surface area contributed by atoms with Gasteiger partial charge < -0.3 is 14.4 Å². The van der Waals surface area contributed by atoms with Crippen LogP contribution < -0.4 is 0 Å². The number of hydrogen-bond donors (Lipinski definition) is 0. The largest absolute Gasteiger partial charge is 0.498 e. The van der Waals surface area contributed by atoms with Crippen molar-refractivity contribution in [3.8, 4) is 33.6 Å². The number of benzene rings is 4. The molecule has 0 aliphatic carbocycles. The number of aryl methyl sites for hydroxylation is 3. The molecule has 4 aromatic carbocycles. The normalized spacial score (nSPS) is 12.9. The van der Waals surface area contributed by atoms with Crippen LogP contribution in [0.15, 0.2) is 102 Å². The molecule has 1 radical (unpaired) electrons. The van der Waals surface area contributed by atoms with Gasteiger partial charge in [-0.25, -0.2) is 4.98 Å². The van der Waals surface area contributed by atoms with E-state index in [0.29, 0.717) is 0 Å². The van der Waals surface area contributed by atoms with Gasteiger partial charge in [-0.1, -0.05) is 95.0 Å². The van der Waals surface area contributed by atoms with Crippen LogP contribution in [0.25, 0.3) is 65.8 Å². The van der Waals surface area contributed by atoms with E-state index in [-0.39, 0.29) is 36.5 Å². The van der Waals surface area contributed by atoms with E-state index < -0.39 is 6.85 Å². The second-order valence-electron chi connectivity index (χ2n) is 15.7. The van der Waals surface area contributed by atoms with Crippen molar-refractivity contribution in [1.82, 2.24) is 15.0 Å². The van der Waals surface area contributed by atoms with Gasteiger partial charge in [-0.05, 0) is 83.4 Å². The smallest absolute Gasteiger partial charge is 0.148 e. The summed E-state index contributed by atoms with van der Waals surface area (Å²) >= 11 is 1.75. The minimum Gasteiger partial charge on any atom is -0.498 e. The number of hydrogen-bond acceptors (Lipinski definition) is 5. The Balaban J connectivity index is 0.000000263. The first-order chi connectivity index (χ1) is 26.0. The minimum atomic E-state index is -2.09. The van der Waals surface area contributed by atoms with Gasteiger partial charge in [-0.2, -0.15) is 0 Å². The number of thiazole rings is 1. The Morgan fingerprint density at radius 3 is 2.19 bits per heavy atom. The molecular formula is C47H45IrN3OS-2. The first-order valence-corrected chi connectivity index (χ1v) is 18.5. The molecule has 53 heavy (non-hydrogen) atoms. The predicted molar refractivity (Wildman–Crippen MR) is 219 cm³/mol. The molecule has 4 heterocycles. The third kappa shape index (κ3) is 8.06. The fourth-order valence-corrected chi connectivity index (χ4v) is 7.63. The zero-order valence-electron chi connectivity index (χ0n) is 34.4. The van der Waals surface area contributed by atoms with Crippen molar-refractivity contribution in [2.75, 3.05) is 0 Å². The third-order valence-corrected chi connectivity index (χ3v) is 10.5. The standard InChI is InChI=1S/C35H35N2OS.C12H10N.Ir/c1-20-11-9-12-21(2)29(20)26-17-27(36-19-22(26)18-34(3,4)5)25-14-10-13-23-24-15-16-28-30(32(24)38-31(23)25)37-33(39-28)35(6,7)8;1-10-7-8-12(13-9-10)11-5-3-2-4-6-11;/h9-13,15-17,19H,18H2,1-8H3;2-5,7-9H,1H3;/q2*-1;/i;1D3;. The van der Waals surface area contributed by atoms with Crippen LogP contribution in [0, 0.1) is 38.2 Å². The van der Waals surface area contributed by atoms with Crippen molar-refractivity contribution >= 4 is 43.5 Å². The predicted octanol–water partition coefficient (Wildman–Crippen LogP) is 13.1. The summed E-state index contributed by atoms with van der Waals surface area (Å²) in [6.07, 6.45) is 4.40. The molecule has 0 unspecified atom stereocenters.